The zero-order valence-corrected chi connectivity index (χ0v) is 9.34. The largest absolute Gasteiger partial charge is 0.419 e. The number of alkyl halides is 3. The number of hydrogen-bond acceptors (Lipinski definition) is 2. The molecular weight excluding hydrogens is 272 g/mol. The molecule has 0 saturated heterocycles. The average Bonchev–Trinajstić information content (AvgIpc) is 2.04. The smallest absolute Gasteiger partial charge is 0.224 e. The van der Waals surface area contributed by atoms with Gasteiger partial charge in [-0.25, -0.2) is 12.8 Å². The van der Waals surface area contributed by atoms with E-state index in [1.54, 1.807) is 0 Å². The topological polar surface area (TPSA) is 34.1 Å². The fourth-order valence-electron chi connectivity index (χ4n) is 1.04. The van der Waals surface area contributed by atoms with E-state index in [9.17, 15) is 26.0 Å². The Morgan fingerprint density at radius 1 is 1.25 bits per heavy atom. The Morgan fingerprint density at radius 3 is 2.12 bits per heavy atom. The van der Waals surface area contributed by atoms with Gasteiger partial charge in [0.1, 0.15) is 4.90 Å². The molecular formula is C8H5ClF4O2S. The Bertz CT molecular complexity index is 522. The number of sulfone groups is 1. The van der Waals surface area contributed by atoms with Gasteiger partial charge in [-0.3, -0.25) is 0 Å². The van der Waals surface area contributed by atoms with Crippen LogP contribution in [0.25, 0.3) is 0 Å². The van der Waals surface area contributed by atoms with Crippen LogP contribution in [0.3, 0.4) is 0 Å². The minimum atomic E-state index is -4.99. The minimum absolute atomic E-state index is 0.339. The highest BCUT2D eigenvalue weighted by Crippen LogP contribution is 2.35. The van der Waals surface area contributed by atoms with Crippen molar-refractivity contribution in [3.8, 4) is 0 Å². The first-order chi connectivity index (χ1) is 7.03. The summed E-state index contributed by atoms with van der Waals surface area (Å²) in [5, 5.41) is -0.492. The maximum atomic E-state index is 13.3. The molecule has 0 amide bonds. The zero-order valence-electron chi connectivity index (χ0n) is 7.77. The molecule has 1 rings (SSSR count). The molecule has 1 aromatic rings. The molecule has 0 saturated carbocycles. The van der Waals surface area contributed by atoms with Crippen molar-refractivity contribution in [1.82, 2.24) is 0 Å². The molecule has 8 heteroatoms. The van der Waals surface area contributed by atoms with Crippen LogP contribution in [0.2, 0.25) is 5.02 Å². The fourth-order valence-corrected chi connectivity index (χ4v) is 2.10. The van der Waals surface area contributed by atoms with E-state index in [1.165, 1.54) is 0 Å². The molecule has 0 aliphatic carbocycles. The summed E-state index contributed by atoms with van der Waals surface area (Å²) < 4.78 is 72.2. The van der Waals surface area contributed by atoms with E-state index in [0.29, 0.717) is 18.4 Å². The molecule has 0 atom stereocenters. The van der Waals surface area contributed by atoms with Gasteiger partial charge in [-0.1, -0.05) is 11.6 Å². The van der Waals surface area contributed by atoms with Crippen molar-refractivity contribution in [2.45, 2.75) is 11.1 Å². The van der Waals surface area contributed by atoms with Gasteiger partial charge in [-0.05, 0) is 12.1 Å². The summed E-state index contributed by atoms with van der Waals surface area (Å²) in [6.45, 7) is 0. The normalized spacial score (nSPS) is 12.9. The van der Waals surface area contributed by atoms with Gasteiger partial charge in [0.05, 0.1) is 5.56 Å². The Morgan fingerprint density at radius 2 is 1.75 bits per heavy atom. The first-order valence-corrected chi connectivity index (χ1v) is 6.06. The predicted octanol–water partition coefficient (Wildman–Crippen LogP) is 2.90. The van der Waals surface area contributed by atoms with E-state index in [2.05, 4.69) is 0 Å². The Kier molecular flexibility index (Phi) is 3.22. The first kappa shape index (κ1) is 13.2. The summed E-state index contributed by atoms with van der Waals surface area (Å²) in [5.41, 5.74) is -1.69. The molecule has 0 fully saturated rings. The van der Waals surface area contributed by atoms with Gasteiger partial charge in [0.15, 0.2) is 15.7 Å². The molecule has 1 aromatic carbocycles. The van der Waals surface area contributed by atoms with Crippen LogP contribution >= 0.6 is 11.6 Å². The molecule has 0 heterocycles. The third-order valence-corrected chi connectivity index (χ3v) is 3.02. The second-order valence-corrected chi connectivity index (χ2v) is 5.46. The summed E-state index contributed by atoms with van der Waals surface area (Å²) in [7, 11) is -4.10. The molecule has 0 radical (unpaired) electrons. The van der Waals surface area contributed by atoms with Crippen LogP contribution in [-0.4, -0.2) is 14.7 Å². The van der Waals surface area contributed by atoms with Gasteiger partial charge < -0.3 is 0 Å². The second kappa shape index (κ2) is 3.89. The van der Waals surface area contributed by atoms with Gasteiger partial charge in [-0.15, -0.1) is 0 Å². The molecule has 0 spiro atoms. The Balaban J connectivity index is 3.64. The molecule has 90 valence electrons. The second-order valence-electron chi connectivity index (χ2n) is 3.04. The van der Waals surface area contributed by atoms with Crippen molar-refractivity contribution in [3.63, 3.8) is 0 Å². The lowest BCUT2D eigenvalue weighted by atomic mass is 10.2. The van der Waals surface area contributed by atoms with Crippen molar-refractivity contribution >= 4 is 21.4 Å². The first-order valence-electron chi connectivity index (χ1n) is 3.80. The van der Waals surface area contributed by atoms with E-state index >= 15 is 0 Å². The van der Waals surface area contributed by atoms with Crippen molar-refractivity contribution in [1.29, 1.82) is 0 Å². The van der Waals surface area contributed by atoms with E-state index < -0.39 is 37.3 Å². The summed E-state index contributed by atoms with van der Waals surface area (Å²) in [5.74, 6) is -1.83. The molecule has 0 aromatic heterocycles. The van der Waals surface area contributed by atoms with Gasteiger partial charge in [0.25, 0.3) is 0 Å². The van der Waals surface area contributed by atoms with Gasteiger partial charge in [-0.2, -0.15) is 13.2 Å². The number of halogens is 5. The lowest BCUT2D eigenvalue weighted by molar-refractivity contribution is -0.140. The van der Waals surface area contributed by atoms with Crippen LogP contribution in [-0.2, 0) is 16.0 Å². The van der Waals surface area contributed by atoms with Crippen molar-refractivity contribution < 1.29 is 26.0 Å². The number of hydrogen-bond donors (Lipinski definition) is 0. The Labute approximate surface area is 93.8 Å². The summed E-state index contributed by atoms with van der Waals surface area (Å²) in [4.78, 5) is -1.06. The van der Waals surface area contributed by atoms with Crippen LogP contribution < -0.4 is 0 Å². The average molecular weight is 277 g/mol. The number of benzene rings is 1. The number of rotatable bonds is 1. The highest BCUT2D eigenvalue weighted by Gasteiger charge is 2.36. The van der Waals surface area contributed by atoms with Gasteiger partial charge in [0.2, 0.25) is 0 Å². The lowest BCUT2D eigenvalue weighted by Crippen LogP contribution is -2.12. The standard InChI is InChI=1S/C8H5ClF4O2S/c1-16(14,15)6-3-4(9)2-5(7(6)10)8(11,12)13/h2-3H,1H3. The third kappa shape index (κ3) is 2.65. The quantitative estimate of drug-likeness (QED) is 0.739. The van der Waals surface area contributed by atoms with Crippen LogP contribution in [0.15, 0.2) is 17.0 Å². The van der Waals surface area contributed by atoms with Crippen molar-refractivity contribution in [2.75, 3.05) is 6.26 Å². The Hall–Kier alpha value is -0.820. The predicted molar refractivity (Wildman–Crippen MR) is 49.5 cm³/mol. The summed E-state index contributed by atoms with van der Waals surface area (Å²) >= 11 is 5.30. The molecule has 0 aliphatic rings. The fraction of sp³-hybridized carbons (Fsp3) is 0.250. The van der Waals surface area contributed by atoms with Gasteiger partial charge >= 0.3 is 6.18 Å². The molecule has 0 N–H and O–H groups in total. The van der Waals surface area contributed by atoms with Crippen LogP contribution in [0, 0.1) is 5.82 Å². The lowest BCUT2D eigenvalue weighted by Gasteiger charge is -2.11. The molecule has 0 unspecified atom stereocenters. The van der Waals surface area contributed by atoms with Crippen molar-refractivity contribution in [2.24, 2.45) is 0 Å². The molecule has 2 nitrogen and oxygen atoms in total. The maximum absolute atomic E-state index is 13.3. The SMILES string of the molecule is CS(=O)(=O)c1cc(Cl)cc(C(F)(F)F)c1F. The van der Waals surface area contributed by atoms with Crippen LogP contribution in [0.1, 0.15) is 5.56 Å². The van der Waals surface area contributed by atoms with Gasteiger partial charge in [0, 0.05) is 11.3 Å². The van der Waals surface area contributed by atoms with E-state index in [4.69, 9.17) is 11.6 Å². The third-order valence-electron chi connectivity index (χ3n) is 1.71. The minimum Gasteiger partial charge on any atom is -0.224 e. The summed E-state index contributed by atoms with van der Waals surface area (Å²) in [6, 6.07) is 0.979. The van der Waals surface area contributed by atoms with E-state index in [0.717, 1.165) is 0 Å². The van der Waals surface area contributed by atoms with Crippen LogP contribution in [0.4, 0.5) is 17.6 Å². The highest BCUT2D eigenvalue weighted by atomic mass is 35.5. The monoisotopic (exact) mass is 276 g/mol. The van der Waals surface area contributed by atoms with Crippen molar-refractivity contribution in [3.05, 3.63) is 28.5 Å². The molecule has 0 bridgehead atoms. The van der Waals surface area contributed by atoms with E-state index in [-0.39, 0.29) is 0 Å². The highest BCUT2D eigenvalue weighted by molar-refractivity contribution is 7.90. The molecule has 0 aliphatic heterocycles. The summed E-state index contributed by atoms with van der Waals surface area (Å²) in [6.07, 6.45) is -4.39. The molecule has 16 heavy (non-hydrogen) atoms. The maximum Gasteiger partial charge on any atom is 0.419 e. The van der Waals surface area contributed by atoms with E-state index in [1.807, 2.05) is 0 Å². The van der Waals surface area contributed by atoms with Crippen LogP contribution in [0.5, 0.6) is 0 Å². The zero-order chi connectivity index (χ0) is 12.7.